The molecule has 3 heterocycles. The van der Waals surface area contributed by atoms with Crippen molar-refractivity contribution in [3.8, 4) is 5.75 Å². The van der Waals surface area contributed by atoms with E-state index in [2.05, 4.69) is 4.99 Å². The van der Waals surface area contributed by atoms with Crippen LogP contribution in [-0.4, -0.2) is 33.1 Å². The molecule has 0 unspecified atom stereocenters. The van der Waals surface area contributed by atoms with E-state index in [1.807, 2.05) is 40.9 Å². The van der Waals surface area contributed by atoms with E-state index in [-0.39, 0.29) is 21.0 Å². The number of fused-ring (bicyclic) bond motifs is 1. The van der Waals surface area contributed by atoms with Crippen molar-refractivity contribution in [2.24, 2.45) is 4.99 Å². The molecule has 9 heteroatoms. The summed E-state index contributed by atoms with van der Waals surface area (Å²) in [5.74, 6) is -1.05. The van der Waals surface area contributed by atoms with Gasteiger partial charge in [-0.25, -0.2) is 4.99 Å². The minimum Gasteiger partial charge on any atom is -0.497 e. The number of ether oxygens (including phenoxy) is 1. The molecule has 0 aliphatic rings. The first kappa shape index (κ1) is 21.7. The average Bonchev–Trinajstić information content (AvgIpc) is 3.14. The molecule has 1 N–H and O–H groups in total. The van der Waals surface area contributed by atoms with E-state index in [0.717, 1.165) is 29.4 Å². The van der Waals surface area contributed by atoms with Crippen LogP contribution < -0.4 is 10.1 Å². The lowest BCUT2D eigenvalue weighted by Crippen LogP contribution is -2.18. The SMILES string of the molecule is COc1ccc(Cc2cc(C(=O)C(=O)N=c3c(Cl)cn(O)cc3Cl)c3ccccn23)cc1. The Balaban J connectivity index is 1.72. The number of hydrogen-bond acceptors (Lipinski definition) is 4. The summed E-state index contributed by atoms with van der Waals surface area (Å²) in [6.07, 6.45) is 4.60. The van der Waals surface area contributed by atoms with Crippen LogP contribution in [0.15, 0.2) is 72.1 Å². The van der Waals surface area contributed by atoms with Crippen molar-refractivity contribution in [3.63, 3.8) is 0 Å². The first-order chi connectivity index (χ1) is 15.4. The van der Waals surface area contributed by atoms with Crippen molar-refractivity contribution >= 4 is 40.4 Å². The van der Waals surface area contributed by atoms with Gasteiger partial charge in [-0.3, -0.25) is 9.59 Å². The molecule has 0 radical (unpaired) electrons. The smallest absolute Gasteiger partial charge is 0.318 e. The Bertz CT molecular complexity index is 1380. The Kier molecular flexibility index (Phi) is 6.03. The lowest BCUT2D eigenvalue weighted by Gasteiger charge is -2.04. The summed E-state index contributed by atoms with van der Waals surface area (Å²) >= 11 is 12.0. The molecule has 0 aliphatic heterocycles. The lowest BCUT2D eigenvalue weighted by atomic mass is 10.1. The van der Waals surface area contributed by atoms with E-state index < -0.39 is 11.7 Å². The van der Waals surface area contributed by atoms with Crippen LogP contribution in [0.2, 0.25) is 10.0 Å². The predicted octanol–water partition coefficient (Wildman–Crippen LogP) is 4.19. The van der Waals surface area contributed by atoms with Crippen LogP contribution in [0.4, 0.5) is 0 Å². The molecule has 0 aliphatic carbocycles. The molecule has 0 fully saturated rings. The highest BCUT2D eigenvalue weighted by Gasteiger charge is 2.22. The maximum atomic E-state index is 13.0. The van der Waals surface area contributed by atoms with Gasteiger partial charge >= 0.3 is 5.91 Å². The molecular weight excluding hydrogens is 453 g/mol. The summed E-state index contributed by atoms with van der Waals surface area (Å²) in [6, 6.07) is 14.7. The second-order valence-corrected chi connectivity index (χ2v) is 7.77. The summed E-state index contributed by atoms with van der Waals surface area (Å²) in [5.41, 5.74) is 2.66. The summed E-state index contributed by atoms with van der Waals surface area (Å²) in [7, 11) is 1.60. The zero-order chi connectivity index (χ0) is 22.8. The zero-order valence-electron chi connectivity index (χ0n) is 16.8. The molecule has 0 spiro atoms. The van der Waals surface area contributed by atoms with Gasteiger partial charge < -0.3 is 14.3 Å². The van der Waals surface area contributed by atoms with Crippen molar-refractivity contribution in [2.45, 2.75) is 6.42 Å². The van der Waals surface area contributed by atoms with Crippen molar-refractivity contribution in [1.82, 2.24) is 9.13 Å². The van der Waals surface area contributed by atoms with E-state index in [1.54, 1.807) is 25.3 Å². The van der Waals surface area contributed by atoms with Gasteiger partial charge in [0.2, 0.25) is 0 Å². The van der Waals surface area contributed by atoms with E-state index in [0.29, 0.717) is 16.7 Å². The van der Waals surface area contributed by atoms with Crippen LogP contribution >= 0.6 is 23.2 Å². The van der Waals surface area contributed by atoms with Crippen LogP contribution in [0.3, 0.4) is 0 Å². The largest absolute Gasteiger partial charge is 0.497 e. The predicted molar refractivity (Wildman–Crippen MR) is 120 cm³/mol. The topological polar surface area (TPSA) is 85.3 Å². The van der Waals surface area contributed by atoms with Gasteiger partial charge in [-0.2, -0.15) is 4.73 Å². The number of nitrogens with zero attached hydrogens (tertiary/aromatic N) is 3. The second-order valence-electron chi connectivity index (χ2n) is 6.96. The molecule has 0 saturated heterocycles. The fourth-order valence-corrected chi connectivity index (χ4v) is 3.91. The van der Waals surface area contributed by atoms with Crippen molar-refractivity contribution in [1.29, 1.82) is 0 Å². The lowest BCUT2D eigenvalue weighted by molar-refractivity contribution is -0.114. The number of carbonyl (C=O) groups excluding carboxylic acids is 2. The van der Waals surface area contributed by atoms with Crippen LogP contribution in [0, 0.1) is 0 Å². The number of benzene rings is 1. The van der Waals surface area contributed by atoms with Crippen molar-refractivity contribution in [2.75, 3.05) is 7.11 Å². The number of carbonyl (C=O) groups is 2. The molecule has 162 valence electrons. The van der Waals surface area contributed by atoms with Gasteiger partial charge in [-0.05, 0) is 35.9 Å². The van der Waals surface area contributed by atoms with E-state index >= 15 is 0 Å². The van der Waals surface area contributed by atoms with E-state index in [4.69, 9.17) is 27.9 Å². The monoisotopic (exact) mass is 469 g/mol. The van der Waals surface area contributed by atoms with Crippen molar-refractivity contribution < 1.29 is 19.5 Å². The second kappa shape index (κ2) is 8.90. The van der Waals surface area contributed by atoms with Gasteiger partial charge in [0.25, 0.3) is 5.78 Å². The van der Waals surface area contributed by atoms with Crippen LogP contribution in [0.1, 0.15) is 21.6 Å². The molecule has 1 aromatic carbocycles. The highest BCUT2D eigenvalue weighted by molar-refractivity contribution is 6.45. The molecule has 0 atom stereocenters. The molecule has 4 aromatic rings. The average molecular weight is 470 g/mol. The number of hydrogen-bond donors (Lipinski definition) is 1. The third kappa shape index (κ3) is 4.26. The van der Waals surface area contributed by atoms with Gasteiger partial charge in [0.1, 0.15) is 11.1 Å². The van der Waals surface area contributed by atoms with Crippen LogP contribution in [-0.2, 0) is 11.2 Å². The van der Waals surface area contributed by atoms with E-state index in [9.17, 15) is 14.8 Å². The highest BCUT2D eigenvalue weighted by Crippen LogP contribution is 2.22. The van der Waals surface area contributed by atoms with Crippen molar-refractivity contribution in [3.05, 3.63) is 99.3 Å². The summed E-state index contributed by atoms with van der Waals surface area (Å²) in [4.78, 5) is 29.4. The molecule has 0 bridgehead atoms. The van der Waals surface area contributed by atoms with Gasteiger partial charge in [-0.15, -0.1) is 0 Å². The van der Waals surface area contributed by atoms with Crippen LogP contribution in [0.25, 0.3) is 5.52 Å². The number of halogens is 2. The molecule has 7 nitrogen and oxygen atoms in total. The van der Waals surface area contributed by atoms with Gasteiger partial charge in [0.05, 0.1) is 40.6 Å². The van der Waals surface area contributed by atoms with E-state index in [1.165, 1.54) is 0 Å². The molecule has 0 saturated carbocycles. The summed E-state index contributed by atoms with van der Waals surface area (Å²) < 4.78 is 7.70. The number of pyridine rings is 2. The van der Waals surface area contributed by atoms with Gasteiger partial charge in [-0.1, -0.05) is 41.4 Å². The Morgan fingerprint density at radius 2 is 1.75 bits per heavy atom. The first-order valence-corrected chi connectivity index (χ1v) is 10.2. The molecule has 32 heavy (non-hydrogen) atoms. The first-order valence-electron chi connectivity index (χ1n) is 9.49. The molecular formula is C23H17Cl2N3O4. The Morgan fingerprint density at radius 1 is 1.06 bits per heavy atom. The van der Waals surface area contributed by atoms with Crippen LogP contribution in [0.5, 0.6) is 5.75 Å². The fraction of sp³-hybridized carbons (Fsp3) is 0.0870. The minimum atomic E-state index is -1.02. The van der Waals surface area contributed by atoms with Gasteiger partial charge in [0.15, 0.2) is 0 Å². The maximum absolute atomic E-state index is 13.0. The number of Topliss-reactive ketones (excluding diaryl/α,β-unsaturated/α-hetero) is 1. The fourth-order valence-electron chi connectivity index (χ4n) is 3.37. The third-order valence-corrected chi connectivity index (χ3v) is 5.45. The number of amides is 1. The number of ketones is 1. The maximum Gasteiger partial charge on any atom is 0.318 e. The highest BCUT2D eigenvalue weighted by atomic mass is 35.5. The Labute approximate surface area is 192 Å². The number of rotatable bonds is 5. The number of methoxy groups -OCH3 is 1. The molecule has 1 amide bonds. The Hall–Kier alpha value is -3.55. The minimum absolute atomic E-state index is 0.0666. The standard InChI is InChI=1S/C23H17Cl2N3O4/c1-32-16-7-5-14(6-8-16)10-15-11-17(20-4-2-3-9-28(15)20)22(29)23(30)26-21-18(24)12-27(31)13-19(21)25/h2-9,11-13,31H,10H2,1H3. The molecule has 4 rings (SSSR count). The zero-order valence-corrected chi connectivity index (χ0v) is 18.3. The number of aromatic nitrogens is 2. The normalized spacial score (nSPS) is 10.8. The molecule has 3 aromatic heterocycles. The quantitative estimate of drug-likeness (QED) is 0.269. The van der Waals surface area contributed by atoms with Gasteiger partial charge in [0, 0.05) is 18.3 Å². The summed E-state index contributed by atoms with van der Waals surface area (Å²) in [6.45, 7) is 0. The third-order valence-electron chi connectivity index (χ3n) is 4.90. The summed E-state index contributed by atoms with van der Waals surface area (Å²) in [5, 5.41) is 9.24. The Morgan fingerprint density at radius 3 is 2.41 bits per heavy atom.